The molecule has 1 aliphatic rings. The molecular formula is C15H19ClN2O2. The van der Waals surface area contributed by atoms with E-state index in [-0.39, 0.29) is 23.6 Å². The first-order valence-corrected chi connectivity index (χ1v) is 7.33. The summed E-state index contributed by atoms with van der Waals surface area (Å²) in [6, 6.07) is 9.61. The van der Waals surface area contributed by atoms with Crippen LogP contribution in [0.4, 0.5) is 5.69 Å². The first-order valence-electron chi connectivity index (χ1n) is 6.80. The molecule has 1 aromatic carbocycles. The topological polar surface area (TPSA) is 40.6 Å². The Kier molecular flexibility index (Phi) is 5.01. The van der Waals surface area contributed by atoms with E-state index < -0.39 is 0 Å². The van der Waals surface area contributed by atoms with Crippen LogP contribution < -0.4 is 4.90 Å². The third-order valence-electron chi connectivity index (χ3n) is 3.79. The van der Waals surface area contributed by atoms with Crippen LogP contribution in [0.5, 0.6) is 0 Å². The molecular weight excluding hydrogens is 276 g/mol. The fourth-order valence-electron chi connectivity index (χ4n) is 2.51. The molecule has 1 fully saturated rings. The van der Waals surface area contributed by atoms with E-state index in [0.29, 0.717) is 25.9 Å². The van der Waals surface area contributed by atoms with Crippen molar-refractivity contribution in [2.75, 3.05) is 30.9 Å². The van der Waals surface area contributed by atoms with Crippen LogP contribution in [-0.4, -0.2) is 42.7 Å². The van der Waals surface area contributed by atoms with Crippen LogP contribution in [0, 0.1) is 5.92 Å². The number of halogens is 1. The summed E-state index contributed by atoms with van der Waals surface area (Å²) < 4.78 is 0. The minimum Gasteiger partial charge on any atom is -0.342 e. The van der Waals surface area contributed by atoms with Gasteiger partial charge in [0.05, 0.1) is 0 Å². The van der Waals surface area contributed by atoms with E-state index in [9.17, 15) is 9.59 Å². The number of carbonyl (C=O) groups is 2. The Morgan fingerprint density at radius 1 is 1.25 bits per heavy atom. The fraction of sp³-hybridized carbons (Fsp3) is 0.467. The standard InChI is InChI=1S/C15H19ClN2O2/c1-17(13-5-3-2-4-6-13)15(20)12-7-9-18(10-8-12)14(19)11-16/h2-6,12H,7-11H2,1H3. The highest BCUT2D eigenvalue weighted by atomic mass is 35.5. The average Bonchev–Trinajstić information content (AvgIpc) is 2.53. The molecule has 0 aliphatic carbocycles. The average molecular weight is 295 g/mol. The molecule has 0 saturated carbocycles. The van der Waals surface area contributed by atoms with Gasteiger partial charge in [0, 0.05) is 31.7 Å². The molecule has 1 heterocycles. The molecule has 0 radical (unpaired) electrons. The number of piperidine rings is 1. The molecule has 2 rings (SSSR count). The van der Waals surface area contributed by atoms with Crippen LogP contribution in [-0.2, 0) is 9.59 Å². The normalized spacial score (nSPS) is 16.0. The Bertz CT molecular complexity index is 470. The minimum atomic E-state index is -0.0472. The maximum absolute atomic E-state index is 12.4. The largest absolute Gasteiger partial charge is 0.342 e. The molecule has 2 amide bonds. The number of amides is 2. The quantitative estimate of drug-likeness (QED) is 0.801. The lowest BCUT2D eigenvalue weighted by atomic mass is 9.95. The Balaban J connectivity index is 1.93. The van der Waals surface area contributed by atoms with Gasteiger partial charge in [0.2, 0.25) is 11.8 Å². The summed E-state index contributed by atoms with van der Waals surface area (Å²) in [7, 11) is 1.80. The van der Waals surface area contributed by atoms with Gasteiger partial charge in [-0.15, -0.1) is 11.6 Å². The van der Waals surface area contributed by atoms with Crippen LogP contribution in [0.2, 0.25) is 0 Å². The van der Waals surface area contributed by atoms with Crippen molar-refractivity contribution < 1.29 is 9.59 Å². The number of alkyl halides is 1. The first-order chi connectivity index (χ1) is 9.63. The smallest absolute Gasteiger partial charge is 0.237 e. The number of hydrogen-bond donors (Lipinski definition) is 0. The van der Waals surface area contributed by atoms with Gasteiger partial charge < -0.3 is 9.80 Å². The zero-order chi connectivity index (χ0) is 14.5. The van der Waals surface area contributed by atoms with E-state index in [1.165, 1.54) is 0 Å². The van der Waals surface area contributed by atoms with Crippen molar-refractivity contribution in [3.63, 3.8) is 0 Å². The molecule has 0 aromatic heterocycles. The van der Waals surface area contributed by atoms with Crippen LogP contribution in [0.25, 0.3) is 0 Å². The number of hydrogen-bond acceptors (Lipinski definition) is 2. The molecule has 1 aromatic rings. The van der Waals surface area contributed by atoms with Gasteiger partial charge in [0.25, 0.3) is 0 Å². The van der Waals surface area contributed by atoms with Crippen LogP contribution in [0.1, 0.15) is 12.8 Å². The monoisotopic (exact) mass is 294 g/mol. The summed E-state index contributed by atoms with van der Waals surface area (Å²) in [5.41, 5.74) is 0.900. The Labute approximate surface area is 124 Å². The SMILES string of the molecule is CN(C(=O)C1CCN(C(=O)CCl)CC1)c1ccccc1. The number of para-hydroxylation sites is 1. The zero-order valence-electron chi connectivity index (χ0n) is 11.6. The lowest BCUT2D eigenvalue weighted by Crippen LogP contribution is -2.44. The van der Waals surface area contributed by atoms with Gasteiger partial charge >= 0.3 is 0 Å². The molecule has 108 valence electrons. The maximum Gasteiger partial charge on any atom is 0.237 e. The number of rotatable bonds is 3. The summed E-state index contributed by atoms with van der Waals surface area (Å²) >= 11 is 5.55. The second kappa shape index (κ2) is 6.75. The van der Waals surface area contributed by atoms with Crippen molar-refractivity contribution in [3.05, 3.63) is 30.3 Å². The van der Waals surface area contributed by atoms with Crippen molar-refractivity contribution >= 4 is 29.1 Å². The molecule has 20 heavy (non-hydrogen) atoms. The van der Waals surface area contributed by atoms with E-state index in [1.54, 1.807) is 16.8 Å². The van der Waals surface area contributed by atoms with Gasteiger partial charge in [-0.2, -0.15) is 0 Å². The van der Waals surface area contributed by atoms with Gasteiger partial charge in [-0.05, 0) is 25.0 Å². The lowest BCUT2D eigenvalue weighted by molar-refractivity contribution is -0.132. The van der Waals surface area contributed by atoms with Crippen molar-refractivity contribution in [1.82, 2.24) is 4.90 Å². The maximum atomic E-state index is 12.4. The van der Waals surface area contributed by atoms with Crippen molar-refractivity contribution in [3.8, 4) is 0 Å². The summed E-state index contributed by atoms with van der Waals surface area (Å²) in [5.74, 6) is 0.0745. The number of anilines is 1. The van der Waals surface area contributed by atoms with E-state index in [4.69, 9.17) is 11.6 Å². The number of benzene rings is 1. The van der Waals surface area contributed by atoms with Gasteiger partial charge in [-0.1, -0.05) is 18.2 Å². The Hall–Kier alpha value is -1.55. The van der Waals surface area contributed by atoms with Crippen LogP contribution >= 0.6 is 11.6 Å². The van der Waals surface area contributed by atoms with Gasteiger partial charge in [-0.25, -0.2) is 0 Å². The minimum absolute atomic E-state index is 0.0143. The van der Waals surface area contributed by atoms with Crippen LogP contribution in [0.3, 0.4) is 0 Å². The van der Waals surface area contributed by atoms with Crippen molar-refractivity contribution in [1.29, 1.82) is 0 Å². The predicted molar refractivity (Wildman–Crippen MR) is 79.9 cm³/mol. The zero-order valence-corrected chi connectivity index (χ0v) is 12.3. The Morgan fingerprint density at radius 2 is 1.85 bits per heavy atom. The first kappa shape index (κ1) is 14.9. The lowest BCUT2D eigenvalue weighted by Gasteiger charge is -2.33. The molecule has 5 heteroatoms. The highest BCUT2D eigenvalue weighted by Crippen LogP contribution is 2.22. The van der Waals surface area contributed by atoms with E-state index in [0.717, 1.165) is 5.69 Å². The Morgan fingerprint density at radius 3 is 2.40 bits per heavy atom. The molecule has 0 N–H and O–H groups in total. The molecule has 0 atom stereocenters. The second-order valence-corrected chi connectivity index (χ2v) is 5.29. The number of nitrogens with zero attached hydrogens (tertiary/aromatic N) is 2. The van der Waals surface area contributed by atoms with Crippen LogP contribution in [0.15, 0.2) is 30.3 Å². The molecule has 0 spiro atoms. The molecule has 4 nitrogen and oxygen atoms in total. The predicted octanol–water partition coefficient (Wildman–Crippen LogP) is 2.13. The highest BCUT2D eigenvalue weighted by molar-refractivity contribution is 6.27. The third kappa shape index (κ3) is 3.31. The molecule has 1 aliphatic heterocycles. The van der Waals surface area contributed by atoms with Crippen molar-refractivity contribution in [2.45, 2.75) is 12.8 Å². The van der Waals surface area contributed by atoms with Gasteiger partial charge in [-0.3, -0.25) is 9.59 Å². The molecule has 0 unspecified atom stereocenters. The van der Waals surface area contributed by atoms with E-state index in [2.05, 4.69) is 0 Å². The van der Waals surface area contributed by atoms with Gasteiger partial charge in [0.1, 0.15) is 5.88 Å². The van der Waals surface area contributed by atoms with E-state index in [1.807, 2.05) is 30.3 Å². The number of likely N-dealkylation sites (tertiary alicyclic amines) is 1. The second-order valence-electron chi connectivity index (χ2n) is 5.02. The molecule has 0 bridgehead atoms. The summed E-state index contributed by atoms with van der Waals surface area (Å²) in [5, 5.41) is 0. The summed E-state index contributed by atoms with van der Waals surface area (Å²) in [6.45, 7) is 1.23. The highest BCUT2D eigenvalue weighted by Gasteiger charge is 2.29. The molecule has 1 saturated heterocycles. The summed E-state index contributed by atoms with van der Waals surface area (Å²) in [6.07, 6.45) is 1.41. The summed E-state index contributed by atoms with van der Waals surface area (Å²) in [4.78, 5) is 27.4. The van der Waals surface area contributed by atoms with E-state index >= 15 is 0 Å². The fourth-order valence-corrected chi connectivity index (χ4v) is 2.68. The van der Waals surface area contributed by atoms with Gasteiger partial charge in [0.15, 0.2) is 0 Å². The third-order valence-corrected chi connectivity index (χ3v) is 4.01. The van der Waals surface area contributed by atoms with Crippen molar-refractivity contribution in [2.24, 2.45) is 5.92 Å². The number of carbonyl (C=O) groups excluding carboxylic acids is 2.